The van der Waals surface area contributed by atoms with Gasteiger partial charge in [0.15, 0.2) is 5.15 Å². The molecule has 0 amide bonds. The van der Waals surface area contributed by atoms with E-state index in [0.29, 0.717) is 4.57 Å². The van der Waals surface area contributed by atoms with Crippen molar-refractivity contribution in [3.8, 4) is 0 Å². The van der Waals surface area contributed by atoms with E-state index in [0.717, 1.165) is 0 Å². The van der Waals surface area contributed by atoms with Crippen LogP contribution in [0.25, 0.3) is 0 Å². The Balaban J connectivity index is 3.26. The molecule has 1 aromatic heterocycles. The molecule has 0 aliphatic heterocycles. The van der Waals surface area contributed by atoms with Crippen LogP contribution in [0.1, 0.15) is 6.92 Å². The lowest BCUT2D eigenvalue weighted by atomic mass is 10.4. The molecule has 0 fully saturated rings. The Labute approximate surface area is 97.7 Å². The first-order valence-corrected chi connectivity index (χ1v) is 6.35. The quantitative estimate of drug-likeness (QED) is 0.790. The van der Waals surface area contributed by atoms with Gasteiger partial charge in [-0.15, -0.1) is 0 Å². The van der Waals surface area contributed by atoms with E-state index in [2.05, 4.69) is 0 Å². The highest BCUT2D eigenvalue weighted by molar-refractivity contribution is 7.84. The van der Waals surface area contributed by atoms with Crippen molar-refractivity contribution < 1.29 is 8.60 Å². The number of nitrogens with zero attached hydrogens (tertiary/aromatic N) is 1. The van der Waals surface area contributed by atoms with Gasteiger partial charge in [-0.2, -0.15) is 4.39 Å². The number of aromatic amines is 1. The average molecular weight is 269 g/mol. The fraction of sp³-hybridized carbons (Fsp3) is 0.500. The number of nitrogens with one attached hydrogen (secondary N) is 1. The second kappa shape index (κ2) is 4.92. The summed E-state index contributed by atoms with van der Waals surface area (Å²) in [6.07, 6.45) is 1.44. The van der Waals surface area contributed by atoms with E-state index in [1.165, 1.54) is 6.26 Å². The minimum Gasteiger partial charge on any atom is -0.295 e. The molecule has 5 nitrogen and oxygen atoms in total. The third-order valence-corrected chi connectivity index (χ3v) is 3.64. The molecule has 0 saturated heterocycles. The summed E-state index contributed by atoms with van der Waals surface area (Å²) in [5, 5.41) is -1.05. The smallest absolute Gasteiger partial charge is 0.295 e. The zero-order chi connectivity index (χ0) is 12.5. The lowest BCUT2D eigenvalue weighted by molar-refractivity contribution is 0.534. The summed E-state index contributed by atoms with van der Waals surface area (Å²) in [6.45, 7) is 1.47. The third-order valence-electron chi connectivity index (χ3n) is 2.09. The van der Waals surface area contributed by atoms with Gasteiger partial charge in [0.05, 0.1) is 0 Å². The fourth-order valence-electron chi connectivity index (χ4n) is 1.05. The number of hydrogen-bond acceptors (Lipinski definition) is 3. The van der Waals surface area contributed by atoms with Gasteiger partial charge < -0.3 is 0 Å². The lowest BCUT2D eigenvalue weighted by Crippen LogP contribution is -2.40. The van der Waals surface area contributed by atoms with Crippen molar-refractivity contribution in [3.05, 3.63) is 31.8 Å². The standard InChI is InChI=1S/C8H10ClFN2O3S/c1-4(16(2)15)3-12-7(13)5(10)6(9)11-8(12)14/h4H,3H2,1-2H3,(H,11,14). The largest absolute Gasteiger partial charge is 0.329 e. The molecule has 1 aromatic rings. The molecule has 2 atom stereocenters. The molecule has 0 radical (unpaired) electrons. The van der Waals surface area contributed by atoms with E-state index < -0.39 is 38.3 Å². The van der Waals surface area contributed by atoms with E-state index >= 15 is 0 Å². The van der Waals surface area contributed by atoms with Crippen molar-refractivity contribution in [1.29, 1.82) is 0 Å². The highest BCUT2D eigenvalue weighted by atomic mass is 35.5. The van der Waals surface area contributed by atoms with Crippen molar-refractivity contribution in [1.82, 2.24) is 9.55 Å². The summed E-state index contributed by atoms with van der Waals surface area (Å²) in [5.41, 5.74) is -1.92. The van der Waals surface area contributed by atoms with Gasteiger partial charge in [0, 0.05) is 28.9 Å². The highest BCUT2D eigenvalue weighted by Crippen LogP contribution is 2.03. The molecule has 0 bridgehead atoms. The van der Waals surface area contributed by atoms with E-state index in [1.807, 2.05) is 4.98 Å². The SMILES string of the molecule is CC(Cn1c(=O)[nH]c(Cl)c(F)c1=O)S(C)=O. The fourth-order valence-corrected chi connectivity index (χ4v) is 1.57. The topological polar surface area (TPSA) is 71.9 Å². The van der Waals surface area contributed by atoms with Crippen LogP contribution in [0.15, 0.2) is 9.59 Å². The zero-order valence-corrected chi connectivity index (χ0v) is 10.2. The summed E-state index contributed by atoms with van der Waals surface area (Å²) in [4.78, 5) is 24.7. The second-order valence-electron chi connectivity index (χ2n) is 3.28. The minimum atomic E-state index is -1.21. The first-order valence-electron chi connectivity index (χ1n) is 4.35. The maximum Gasteiger partial charge on any atom is 0.329 e. The molecule has 1 N–H and O–H groups in total. The molecule has 0 aromatic carbocycles. The predicted octanol–water partition coefficient (Wildman–Crippen LogP) is 0.0961. The lowest BCUT2D eigenvalue weighted by Gasteiger charge is -2.09. The summed E-state index contributed by atoms with van der Waals surface area (Å²) >= 11 is 5.29. The van der Waals surface area contributed by atoms with Crippen LogP contribution < -0.4 is 11.2 Å². The van der Waals surface area contributed by atoms with Crippen LogP contribution in [0.2, 0.25) is 5.15 Å². The summed E-state index contributed by atoms with van der Waals surface area (Å²) in [5.74, 6) is -1.21. The Hall–Kier alpha value is -0.950. The summed E-state index contributed by atoms with van der Waals surface area (Å²) in [6, 6.07) is 0. The number of hydrogen-bond donors (Lipinski definition) is 1. The van der Waals surface area contributed by atoms with Crippen molar-refractivity contribution in [3.63, 3.8) is 0 Å². The van der Waals surface area contributed by atoms with Gasteiger partial charge in [0.2, 0.25) is 5.82 Å². The molecule has 1 heterocycles. The van der Waals surface area contributed by atoms with Gasteiger partial charge in [-0.3, -0.25) is 18.6 Å². The number of H-pyrrole nitrogens is 1. The average Bonchev–Trinajstić information content (AvgIpc) is 2.20. The molecular formula is C8H10ClFN2O3S. The van der Waals surface area contributed by atoms with Gasteiger partial charge in [0.25, 0.3) is 5.56 Å². The molecule has 0 aliphatic rings. The van der Waals surface area contributed by atoms with Crippen LogP contribution in [0.3, 0.4) is 0 Å². The van der Waals surface area contributed by atoms with Crippen molar-refractivity contribution in [2.75, 3.05) is 6.26 Å². The normalized spacial score (nSPS) is 14.8. The molecule has 8 heteroatoms. The summed E-state index contributed by atoms with van der Waals surface area (Å²) in [7, 11) is -1.21. The molecule has 0 saturated carbocycles. The maximum absolute atomic E-state index is 13.1. The molecule has 1 rings (SSSR count). The van der Waals surface area contributed by atoms with Crippen LogP contribution in [-0.4, -0.2) is 25.3 Å². The van der Waals surface area contributed by atoms with Gasteiger partial charge >= 0.3 is 5.69 Å². The van der Waals surface area contributed by atoms with E-state index in [4.69, 9.17) is 11.6 Å². The van der Waals surface area contributed by atoms with Crippen LogP contribution in [-0.2, 0) is 17.3 Å². The van der Waals surface area contributed by atoms with Crippen LogP contribution in [0.4, 0.5) is 4.39 Å². The highest BCUT2D eigenvalue weighted by Gasteiger charge is 2.15. The van der Waals surface area contributed by atoms with Crippen molar-refractivity contribution >= 4 is 22.4 Å². The number of rotatable bonds is 3. The maximum atomic E-state index is 13.1. The number of aromatic nitrogens is 2. The van der Waals surface area contributed by atoms with Gasteiger partial charge in [-0.1, -0.05) is 11.6 Å². The Morgan fingerprint density at radius 3 is 2.62 bits per heavy atom. The van der Waals surface area contributed by atoms with E-state index in [1.54, 1.807) is 6.92 Å². The first kappa shape index (κ1) is 13.1. The first-order chi connectivity index (χ1) is 7.34. The van der Waals surface area contributed by atoms with Crippen LogP contribution >= 0.6 is 11.6 Å². The Kier molecular flexibility index (Phi) is 4.03. The van der Waals surface area contributed by atoms with Gasteiger partial charge in [0.1, 0.15) is 0 Å². The van der Waals surface area contributed by atoms with Crippen LogP contribution in [0, 0.1) is 5.82 Å². The molecule has 2 unspecified atom stereocenters. The van der Waals surface area contributed by atoms with Crippen molar-refractivity contribution in [2.24, 2.45) is 0 Å². The third kappa shape index (κ3) is 2.59. The summed E-state index contributed by atoms with van der Waals surface area (Å²) < 4.78 is 24.8. The Morgan fingerprint density at radius 2 is 2.12 bits per heavy atom. The van der Waals surface area contributed by atoms with Gasteiger partial charge in [-0.05, 0) is 6.92 Å². The predicted molar refractivity (Wildman–Crippen MR) is 59.8 cm³/mol. The Bertz CT molecular complexity index is 539. The number of halogens is 2. The van der Waals surface area contributed by atoms with E-state index in [-0.39, 0.29) is 6.54 Å². The second-order valence-corrected chi connectivity index (χ2v) is 5.46. The Morgan fingerprint density at radius 1 is 1.56 bits per heavy atom. The molecule has 0 spiro atoms. The monoisotopic (exact) mass is 268 g/mol. The van der Waals surface area contributed by atoms with Gasteiger partial charge in [-0.25, -0.2) is 4.79 Å². The molecule has 0 aliphatic carbocycles. The van der Waals surface area contributed by atoms with Crippen molar-refractivity contribution in [2.45, 2.75) is 18.7 Å². The zero-order valence-electron chi connectivity index (χ0n) is 8.62. The minimum absolute atomic E-state index is 0.120. The molecular weight excluding hydrogens is 259 g/mol. The molecule has 16 heavy (non-hydrogen) atoms. The van der Waals surface area contributed by atoms with E-state index in [9.17, 15) is 18.2 Å². The molecule has 90 valence electrons. The van der Waals surface area contributed by atoms with Crippen LogP contribution in [0.5, 0.6) is 0 Å².